The van der Waals surface area contributed by atoms with Gasteiger partial charge in [-0.1, -0.05) is 0 Å². The number of nitrogens with one attached hydrogen (secondary N) is 2. The van der Waals surface area contributed by atoms with Crippen molar-refractivity contribution in [3.63, 3.8) is 0 Å². The molecule has 2 aliphatic heterocycles. The SMILES string of the molecule is CNC1=NC(=O)[C]([RaH])(CC2CCNCC2)S1. The quantitative estimate of drug-likeness (QED) is 0.628. The number of hydrogen-bond donors (Lipinski definition) is 2. The Morgan fingerprint density at radius 1 is 1.62 bits per heavy atom. The minimum absolute atomic E-state index is 0.103. The molecule has 2 N–H and O–H groups in total. The van der Waals surface area contributed by atoms with Crippen LogP contribution in [-0.2, 0) is 4.79 Å². The molecule has 1 atom stereocenters. The van der Waals surface area contributed by atoms with E-state index in [4.69, 9.17) is 0 Å². The van der Waals surface area contributed by atoms with Crippen molar-refractivity contribution in [1.82, 2.24) is 10.6 Å². The molecule has 4 nitrogen and oxygen atoms in total. The summed E-state index contributed by atoms with van der Waals surface area (Å²) in [4.78, 5) is 16.0. The summed E-state index contributed by atoms with van der Waals surface area (Å²) >= 11 is 1.82. The van der Waals surface area contributed by atoms with Gasteiger partial charge in [-0.3, -0.25) is 0 Å². The molecule has 0 bridgehead atoms. The molecule has 2 heterocycles. The molecule has 1 fully saturated rings. The van der Waals surface area contributed by atoms with E-state index in [1.54, 1.807) is 11.8 Å². The number of piperidine rings is 1. The van der Waals surface area contributed by atoms with E-state index in [9.17, 15) is 4.79 Å². The zero-order valence-corrected chi connectivity index (χ0v) is 18.9. The van der Waals surface area contributed by atoms with Crippen molar-refractivity contribution in [2.24, 2.45) is 10.9 Å². The molecule has 0 radical (unpaired) electrons. The molecular formula is C10H17N3ORaS. The van der Waals surface area contributed by atoms with Crippen LogP contribution < -0.4 is 10.6 Å². The average molecular weight is 453 g/mol. The number of rotatable bonds is 2. The van der Waals surface area contributed by atoms with Crippen LogP contribution in [0.25, 0.3) is 0 Å². The second-order valence-corrected chi connectivity index (χ2v) is 16.2. The van der Waals surface area contributed by atoms with E-state index in [1.807, 2.05) is 7.05 Å². The molecule has 6 heteroatoms. The van der Waals surface area contributed by atoms with Crippen molar-refractivity contribution in [3.8, 4) is 0 Å². The van der Waals surface area contributed by atoms with Gasteiger partial charge in [0.1, 0.15) is 0 Å². The number of carbonyl (C=O) groups is 1. The van der Waals surface area contributed by atoms with Gasteiger partial charge >= 0.3 is 131 Å². The summed E-state index contributed by atoms with van der Waals surface area (Å²) in [6.45, 7) is 2.22. The number of amidine groups is 1. The maximum absolute atomic E-state index is 11.9. The summed E-state index contributed by atoms with van der Waals surface area (Å²) in [6.07, 6.45) is 3.48. The van der Waals surface area contributed by atoms with Crippen molar-refractivity contribution in [1.29, 1.82) is 0 Å². The number of carbonyl (C=O) groups excluding carboxylic acids is 1. The topological polar surface area (TPSA) is 53.5 Å². The van der Waals surface area contributed by atoms with Crippen LogP contribution in [0.5, 0.6) is 0 Å². The zero-order chi connectivity index (χ0) is 11.6. The van der Waals surface area contributed by atoms with E-state index in [2.05, 4.69) is 15.6 Å². The third-order valence-corrected chi connectivity index (χ3v) is 10.6. The average Bonchev–Trinajstić information content (AvgIpc) is 2.56. The van der Waals surface area contributed by atoms with Crippen molar-refractivity contribution >= 4 is 22.8 Å². The summed E-state index contributed by atoms with van der Waals surface area (Å²) < 4.78 is -0.103. The monoisotopic (exact) mass is 453 g/mol. The first-order chi connectivity index (χ1) is 7.64. The van der Waals surface area contributed by atoms with Gasteiger partial charge in [-0.15, -0.1) is 0 Å². The third kappa shape index (κ3) is 3.02. The number of amides is 1. The Morgan fingerprint density at radius 2 is 2.31 bits per heavy atom. The molecule has 0 spiro atoms. The Morgan fingerprint density at radius 3 is 2.88 bits per heavy atom. The van der Waals surface area contributed by atoms with Crippen molar-refractivity contribution in [2.45, 2.75) is 19.1 Å². The standard InChI is InChI=1S/C10H16N3OS.Ra.H/c1-11-10-13-9(14)8(15-10)6-7-2-4-12-5-3-7;;/h7,12H,2-6H2,1H3,(H,11,13,14);;. The molecule has 2 rings (SSSR count). The summed E-state index contributed by atoms with van der Waals surface area (Å²) in [5, 5.41) is 7.20. The summed E-state index contributed by atoms with van der Waals surface area (Å²) in [6, 6.07) is 0. The van der Waals surface area contributed by atoms with Gasteiger partial charge < -0.3 is 0 Å². The Labute approximate surface area is 130 Å². The molecule has 0 aliphatic carbocycles. The van der Waals surface area contributed by atoms with Crippen LogP contribution in [0.4, 0.5) is 0 Å². The predicted octanol–water partition coefficient (Wildman–Crippen LogP) is 0.203. The normalized spacial score (nSPS) is 31.5. The van der Waals surface area contributed by atoms with Crippen LogP contribution in [0.2, 0.25) is 0 Å². The summed E-state index contributed by atoms with van der Waals surface area (Å²) in [5.41, 5.74) is 0. The van der Waals surface area contributed by atoms with Gasteiger partial charge in [0.25, 0.3) is 0 Å². The number of aliphatic imine (C=N–C) groups is 1. The zero-order valence-electron chi connectivity index (χ0n) is 9.88. The van der Waals surface area contributed by atoms with E-state index < -0.39 is 0 Å². The van der Waals surface area contributed by atoms with Gasteiger partial charge in [-0.05, 0) is 0 Å². The van der Waals surface area contributed by atoms with E-state index in [1.165, 1.54) is 12.8 Å². The van der Waals surface area contributed by atoms with E-state index in [0.29, 0.717) is 0 Å². The fourth-order valence-corrected chi connectivity index (χ4v) is 8.69. The molecule has 2 aliphatic rings. The van der Waals surface area contributed by atoms with Gasteiger partial charge in [0.2, 0.25) is 0 Å². The number of thioether (sulfide) groups is 1. The second kappa shape index (κ2) is 5.71. The number of nitrogens with zero attached hydrogens (tertiary/aromatic N) is 1. The summed E-state index contributed by atoms with van der Waals surface area (Å²) in [5.74, 6) is 0.849. The molecule has 1 saturated heterocycles. The molecule has 1 amide bonds. The molecule has 1 unspecified atom stereocenters. The maximum atomic E-state index is 11.9. The van der Waals surface area contributed by atoms with Crippen LogP contribution in [0.15, 0.2) is 4.99 Å². The van der Waals surface area contributed by atoms with Crippen LogP contribution >= 0.6 is 11.8 Å². The van der Waals surface area contributed by atoms with Gasteiger partial charge in [-0.25, -0.2) is 0 Å². The van der Waals surface area contributed by atoms with Crippen molar-refractivity contribution in [3.05, 3.63) is 0 Å². The Bertz CT molecular complexity index is 317. The summed E-state index contributed by atoms with van der Waals surface area (Å²) in [7, 11) is 1.84. The molecular weight excluding hydrogens is 436 g/mol. The number of hydrogen-bond acceptors (Lipinski definition) is 4. The Kier molecular flexibility index (Phi) is 4.76. The second-order valence-electron chi connectivity index (χ2n) is 4.70. The molecule has 0 aromatic rings. The van der Waals surface area contributed by atoms with E-state index in [0.717, 1.165) is 30.6 Å². The molecule has 0 saturated carbocycles. The van der Waals surface area contributed by atoms with Gasteiger partial charge in [0.05, 0.1) is 0 Å². The van der Waals surface area contributed by atoms with Crippen LogP contribution in [0.1, 0.15) is 19.3 Å². The Hall–Kier alpha value is 0.918. The first kappa shape index (κ1) is 13.4. The van der Waals surface area contributed by atoms with Gasteiger partial charge in [-0.2, -0.15) is 0 Å². The van der Waals surface area contributed by atoms with Crippen LogP contribution in [-0.4, -0.2) is 31.0 Å². The predicted molar refractivity (Wildman–Crippen MR) is 63.4 cm³/mol. The van der Waals surface area contributed by atoms with Gasteiger partial charge in [0, 0.05) is 0 Å². The fourth-order valence-electron chi connectivity index (χ4n) is 2.36. The molecule has 16 heavy (non-hydrogen) atoms. The van der Waals surface area contributed by atoms with Crippen LogP contribution in [0, 0.1) is 48.7 Å². The van der Waals surface area contributed by atoms with E-state index in [-0.39, 0.29) is 48.5 Å². The van der Waals surface area contributed by atoms with Crippen molar-refractivity contribution < 1.29 is 47.6 Å². The fraction of sp³-hybridized carbons (Fsp3) is 0.800. The van der Waals surface area contributed by atoms with Crippen LogP contribution in [0.3, 0.4) is 0 Å². The third-order valence-electron chi connectivity index (χ3n) is 3.33. The first-order valence-corrected chi connectivity index (χ1v) is 10.8. The Balaban J connectivity index is 1.96. The first-order valence-electron chi connectivity index (χ1n) is 5.84. The van der Waals surface area contributed by atoms with E-state index >= 15 is 0 Å². The molecule has 0 aromatic carbocycles. The molecule has 0 aromatic heterocycles. The van der Waals surface area contributed by atoms with Crippen molar-refractivity contribution in [2.75, 3.05) is 20.1 Å². The van der Waals surface area contributed by atoms with Gasteiger partial charge in [0.15, 0.2) is 0 Å². The minimum atomic E-state index is -0.103. The molecule has 86 valence electrons.